The van der Waals surface area contributed by atoms with Gasteiger partial charge >= 0.3 is 0 Å². The highest BCUT2D eigenvalue weighted by atomic mass is 32.1. The number of hydrogen-bond acceptors (Lipinski definition) is 5. The molecule has 24 heavy (non-hydrogen) atoms. The van der Waals surface area contributed by atoms with Crippen LogP contribution in [0.25, 0.3) is 32.2 Å². The van der Waals surface area contributed by atoms with Crippen molar-refractivity contribution in [3.63, 3.8) is 0 Å². The minimum atomic E-state index is 0.209. The lowest BCUT2D eigenvalue weighted by Crippen LogP contribution is -2.03. The summed E-state index contributed by atoms with van der Waals surface area (Å²) in [6.07, 6.45) is 0. The van der Waals surface area contributed by atoms with Crippen LogP contribution in [0.5, 0.6) is 0 Å². The minimum Gasteiger partial charge on any atom is -0.383 e. The second-order valence-electron chi connectivity index (χ2n) is 6.23. The molecule has 122 valence electrons. The van der Waals surface area contributed by atoms with Crippen molar-refractivity contribution in [3.8, 4) is 10.4 Å². The smallest absolute Gasteiger partial charge is 0.222 e. The third kappa shape index (κ3) is 1.93. The molecule has 0 bridgehead atoms. The van der Waals surface area contributed by atoms with E-state index in [1.54, 1.807) is 11.3 Å². The molecule has 5 N–H and O–H groups in total. The van der Waals surface area contributed by atoms with E-state index in [0.29, 0.717) is 5.82 Å². The number of aryl methyl sites for hydroxylation is 4. The zero-order chi connectivity index (χ0) is 17.2. The maximum absolute atomic E-state index is 6.22. The Kier molecular flexibility index (Phi) is 3.08. The van der Waals surface area contributed by atoms with Crippen LogP contribution < -0.4 is 11.5 Å². The Labute approximate surface area is 143 Å². The molecule has 0 fully saturated rings. The van der Waals surface area contributed by atoms with Crippen molar-refractivity contribution in [2.24, 2.45) is 0 Å². The molecule has 1 aromatic carbocycles. The zero-order valence-corrected chi connectivity index (χ0v) is 14.9. The van der Waals surface area contributed by atoms with Gasteiger partial charge in [0.1, 0.15) is 5.82 Å². The van der Waals surface area contributed by atoms with Gasteiger partial charge in [-0.15, -0.1) is 11.3 Å². The Morgan fingerprint density at radius 2 is 1.71 bits per heavy atom. The van der Waals surface area contributed by atoms with Crippen molar-refractivity contribution in [3.05, 3.63) is 33.8 Å². The molecule has 5 nitrogen and oxygen atoms in total. The van der Waals surface area contributed by atoms with Gasteiger partial charge in [0.2, 0.25) is 5.95 Å². The molecule has 4 aromatic rings. The maximum Gasteiger partial charge on any atom is 0.222 e. The lowest BCUT2D eigenvalue weighted by Gasteiger charge is -2.13. The standard InChI is InChI=1S/C18H19N5S/c1-7-5-6-11(24-7)12-9(3)15-14(17(19)23-18(20)22-15)13-8(2)10(4)21-16(12)13/h5-6,21H,1-4H3,(H4,19,20,22,23). The lowest BCUT2D eigenvalue weighted by molar-refractivity contribution is 1.24. The first-order valence-electron chi connectivity index (χ1n) is 7.79. The van der Waals surface area contributed by atoms with Gasteiger partial charge in [-0.3, -0.25) is 0 Å². The van der Waals surface area contributed by atoms with Crippen molar-refractivity contribution in [2.45, 2.75) is 27.7 Å². The zero-order valence-electron chi connectivity index (χ0n) is 14.1. The molecule has 6 heteroatoms. The SMILES string of the molecule is Cc1ccc(-c2c(C)c3nc(N)nc(N)c3c3c(C)c(C)[nH]c23)s1. The van der Waals surface area contributed by atoms with E-state index in [1.807, 2.05) is 0 Å². The molecule has 0 aliphatic rings. The molecular weight excluding hydrogens is 318 g/mol. The number of aromatic nitrogens is 3. The highest BCUT2D eigenvalue weighted by Crippen LogP contribution is 2.43. The van der Waals surface area contributed by atoms with E-state index in [-0.39, 0.29) is 5.95 Å². The average molecular weight is 337 g/mol. The van der Waals surface area contributed by atoms with Crippen molar-refractivity contribution in [1.82, 2.24) is 15.0 Å². The van der Waals surface area contributed by atoms with Crippen LogP contribution in [0.4, 0.5) is 11.8 Å². The summed E-state index contributed by atoms with van der Waals surface area (Å²) in [5.74, 6) is 0.641. The number of nitrogens with two attached hydrogens (primary N) is 2. The summed E-state index contributed by atoms with van der Waals surface area (Å²) in [6.45, 7) is 8.37. The maximum atomic E-state index is 6.22. The number of nitrogens with zero attached hydrogens (tertiary/aromatic N) is 2. The topological polar surface area (TPSA) is 93.6 Å². The quantitative estimate of drug-likeness (QED) is 0.484. The molecule has 0 radical (unpaired) electrons. The molecule has 0 atom stereocenters. The first kappa shape index (κ1) is 15.0. The highest BCUT2D eigenvalue weighted by molar-refractivity contribution is 7.15. The number of fused-ring (bicyclic) bond motifs is 3. The lowest BCUT2D eigenvalue weighted by atomic mass is 9.97. The van der Waals surface area contributed by atoms with Gasteiger partial charge in [0.05, 0.1) is 16.4 Å². The van der Waals surface area contributed by atoms with E-state index in [1.165, 1.54) is 20.9 Å². The van der Waals surface area contributed by atoms with Gasteiger partial charge in [-0.2, -0.15) is 4.98 Å². The van der Waals surface area contributed by atoms with Gasteiger partial charge in [0, 0.05) is 26.4 Å². The summed E-state index contributed by atoms with van der Waals surface area (Å²) in [5, 5.41) is 1.97. The Balaban J connectivity index is 2.31. The van der Waals surface area contributed by atoms with Crippen LogP contribution in [-0.4, -0.2) is 15.0 Å². The minimum absolute atomic E-state index is 0.209. The van der Waals surface area contributed by atoms with Crippen LogP contribution in [0.15, 0.2) is 12.1 Å². The predicted octanol–water partition coefficient (Wildman–Crippen LogP) is 4.24. The van der Waals surface area contributed by atoms with Gasteiger partial charge in [-0.25, -0.2) is 4.98 Å². The second kappa shape index (κ2) is 4.95. The molecule has 0 spiro atoms. The van der Waals surface area contributed by atoms with Gasteiger partial charge in [-0.1, -0.05) is 0 Å². The fraction of sp³-hybridized carbons (Fsp3) is 0.222. The molecule has 4 rings (SSSR count). The molecule has 0 aliphatic heterocycles. The number of H-pyrrole nitrogens is 1. The predicted molar refractivity (Wildman–Crippen MR) is 102 cm³/mol. The van der Waals surface area contributed by atoms with E-state index >= 15 is 0 Å². The molecule has 0 saturated carbocycles. The number of thiophene rings is 1. The van der Waals surface area contributed by atoms with Gasteiger partial charge in [0.25, 0.3) is 0 Å². The number of nitrogens with one attached hydrogen (secondary N) is 1. The van der Waals surface area contributed by atoms with Gasteiger partial charge < -0.3 is 16.5 Å². The number of rotatable bonds is 1. The number of hydrogen-bond donors (Lipinski definition) is 3. The monoisotopic (exact) mass is 337 g/mol. The van der Waals surface area contributed by atoms with Gasteiger partial charge in [0.15, 0.2) is 0 Å². The molecule has 3 heterocycles. The highest BCUT2D eigenvalue weighted by Gasteiger charge is 2.21. The number of aromatic amines is 1. The number of benzene rings is 1. The summed E-state index contributed by atoms with van der Waals surface area (Å²) >= 11 is 1.78. The second-order valence-corrected chi connectivity index (χ2v) is 7.51. The van der Waals surface area contributed by atoms with Crippen molar-refractivity contribution in [2.75, 3.05) is 11.5 Å². The summed E-state index contributed by atoms with van der Waals surface area (Å²) in [5.41, 5.74) is 18.6. The van der Waals surface area contributed by atoms with Crippen LogP contribution in [0.3, 0.4) is 0 Å². The Bertz CT molecular complexity index is 1120. The van der Waals surface area contributed by atoms with Crippen LogP contribution >= 0.6 is 11.3 Å². The van der Waals surface area contributed by atoms with Crippen molar-refractivity contribution < 1.29 is 0 Å². The summed E-state index contributed by atoms with van der Waals surface area (Å²) in [4.78, 5) is 14.7. The molecule has 3 aromatic heterocycles. The van der Waals surface area contributed by atoms with Crippen molar-refractivity contribution in [1.29, 1.82) is 0 Å². The van der Waals surface area contributed by atoms with E-state index in [9.17, 15) is 0 Å². The summed E-state index contributed by atoms with van der Waals surface area (Å²) in [7, 11) is 0. The third-order valence-corrected chi connectivity index (χ3v) is 5.69. The van der Waals surface area contributed by atoms with E-state index in [0.717, 1.165) is 33.1 Å². The van der Waals surface area contributed by atoms with E-state index in [2.05, 4.69) is 54.8 Å². The fourth-order valence-electron chi connectivity index (χ4n) is 3.42. The van der Waals surface area contributed by atoms with Crippen LogP contribution in [-0.2, 0) is 0 Å². The molecule has 0 saturated heterocycles. The Morgan fingerprint density at radius 1 is 0.958 bits per heavy atom. The first-order valence-corrected chi connectivity index (χ1v) is 8.61. The van der Waals surface area contributed by atoms with E-state index in [4.69, 9.17) is 11.5 Å². The van der Waals surface area contributed by atoms with Crippen LogP contribution in [0, 0.1) is 27.7 Å². The average Bonchev–Trinajstić information content (AvgIpc) is 3.05. The Morgan fingerprint density at radius 3 is 2.38 bits per heavy atom. The third-order valence-electron chi connectivity index (χ3n) is 4.67. The molecule has 0 amide bonds. The largest absolute Gasteiger partial charge is 0.383 e. The fourth-order valence-corrected chi connectivity index (χ4v) is 4.39. The van der Waals surface area contributed by atoms with E-state index < -0.39 is 0 Å². The van der Waals surface area contributed by atoms with Gasteiger partial charge in [-0.05, 0) is 51.0 Å². The summed E-state index contributed by atoms with van der Waals surface area (Å²) in [6, 6.07) is 4.30. The van der Waals surface area contributed by atoms with Crippen LogP contribution in [0.2, 0.25) is 0 Å². The molecular formula is C18H19N5S. The summed E-state index contributed by atoms with van der Waals surface area (Å²) < 4.78 is 0. The Hall–Kier alpha value is -2.60. The van der Waals surface area contributed by atoms with Crippen molar-refractivity contribution >= 4 is 44.9 Å². The molecule has 0 aliphatic carbocycles. The number of anilines is 2. The molecule has 0 unspecified atom stereocenters. The van der Waals surface area contributed by atoms with Crippen LogP contribution in [0.1, 0.15) is 21.7 Å². The first-order chi connectivity index (χ1) is 11.4. The normalized spacial score (nSPS) is 11.7. The number of nitrogen functional groups attached to an aromatic ring is 2.